The molecule has 1 nitrogen and oxygen atoms in total. The molecule has 0 aliphatic rings. The van der Waals surface area contributed by atoms with Gasteiger partial charge < -0.3 is 5.32 Å². The lowest BCUT2D eigenvalue weighted by molar-refractivity contribution is 0.466. The third-order valence-electron chi connectivity index (χ3n) is 3.57. The molecule has 1 N–H and O–H groups in total. The summed E-state index contributed by atoms with van der Waals surface area (Å²) in [7, 11) is 0. The maximum absolute atomic E-state index is 3.70. The molecule has 3 heteroatoms. The van der Waals surface area contributed by atoms with Gasteiger partial charge in [-0.05, 0) is 43.1 Å². The number of nitrogens with one attached hydrogen (secondary N) is 1. The first-order valence-electron chi connectivity index (χ1n) is 7.87. The van der Waals surface area contributed by atoms with Gasteiger partial charge in [0, 0.05) is 15.0 Å². The van der Waals surface area contributed by atoms with Crippen molar-refractivity contribution >= 4 is 31.9 Å². The second-order valence-corrected chi connectivity index (χ2v) is 7.15. The summed E-state index contributed by atoms with van der Waals surface area (Å²) in [6.07, 6.45) is 9.11. The molecule has 0 radical (unpaired) electrons. The highest BCUT2D eigenvalue weighted by molar-refractivity contribution is 9.11. The third-order valence-corrected chi connectivity index (χ3v) is 4.79. The topological polar surface area (TPSA) is 12.0 Å². The van der Waals surface area contributed by atoms with Crippen LogP contribution in [0.2, 0.25) is 0 Å². The largest absolute Gasteiger partial charge is 0.310 e. The first-order valence-corrected chi connectivity index (χ1v) is 9.46. The Bertz CT molecular complexity index is 379. The average molecular weight is 405 g/mol. The Hall–Kier alpha value is 0.140. The molecule has 0 saturated heterocycles. The normalized spacial score (nSPS) is 12.6. The maximum Gasteiger partial charge on any atom is 0.0331 e. The van der Waals surface area contributed by atoms with Gasteiger partial charge in [0.25, 0.3) is 0 Å². The quantitative estimate of drug-likeness (QED) is 0.432. The van der Waals surface area contributed by atoms with Gasteiger partial charge in [-0.3, -0.25) is 0 Å². The molecule has 0 aromatic heterocycles. The molecular formula is C17H27Br2N. The fourth-order valence-electron chi connectivity index (χ4n) is 2.42. The molecule has 20 heavy (non-hydrogen) atoms. The summed E-state index contributed by atoms with van der Waals surface area (Å²) >= 11 is 7.28. The molecular weight excluding hydrogens is 378 g/mol. The Kier molecular flexibility index (Phi) is 9.83. The van der Waals surface area contributed by atoms with Gasteiger partial charge in [-0.15, -0.1) is 0 Å². The van der Waals surface area contributed by atoms with Gasteiger partial charge in [0.05, 0.1) is 0 Å². The summed E-state index contributed by atoms with van der Waals surface area (Å²) in [4.78, 5) is 0. The summed E-state index contributed by atoms with van der Waals surface area (Å²) in [5.41, 5.74) is 1.38. The van der Waals surface area contributed by atoms with Crippen LogP contribution in [0.15, 0.2) is 27.1 Å². The maximum atomic E-state index is 3.70. The fourth-order valence-corrected chi connectivity index (χ4v) is 3.32. The number of benzene rings is 1. The Morgan fingerprint density at radius 3 is 2.45 bits per heavy atom. The van der Waals surface area contributed by atoms with Crippen LogP contribution in [-0.4, -0.2) is 6.54 Å². The van der Waals surface area contributed by atoms with Crippen molar-refractivity contribution in [2.45, 2.75) is 64.8 Å². The monoisotopic (exact) mass is 403 g/mol. The summed E-state index contributed by atoms with van der Waals surface area (Å²) in [6.45, 7) is 5.57. The minimum absolute atomic E-state index is 0.462. The minimum atomic E-state index is 0.462. The molecule has 0 aliphatic heterocycles. The van der Waals surface area contributed by atoms with Crippen LogP contribution in [0.3, 0.4) is 0 Å². The van der Waals surface area contributed by atoms with Gasteiger partial charge in [-0.2, -0.15) is 0 Å². The zero-order valence-corrected chi connectivity index (χ0v) is 15.9. The van der Waals surface area contributed by atoms with E-state index in [1.165, 1.54) is 55.0 Å². The molecule has 0 aliphatic carbocycles. The lowest BCUT2D eigenvalue weighted by atomic mass is 9.99. The van der Waals surface area contributed by atoms with Crippen LogP contribution in [0.25, 0.3) is 0 Å². The number of hydrogen-bond acceptors (Lipinski definition) is 1. The van der Waals surface area contributed by atoms with Crippen LogP contribution in [0.4, 0.5) is 0 Å². The van der Waals surface area contributed by atoms with Crippen molar-refractivity contribution in [1.82, 2.24) is 5.32 Å². The van der Waals surface area contributed by atoms with E-state index in [1.54, 1.807) is 0 Å². The molecule has 0 bridgehead atoms. The summed E-state index contributed by atoms with van der Waals surface area (Å²) in [5.74, 6) is 0. The van der Waals surface area contributed by atoms with E-state index in [1.807, 2.05) is 0 Å². The average Bonchev–Trinajstić information content (AvgIpc) is 2.45. The van der Waals surface area contributed by atoms with Crippen LogP contribution in [-0.2, 0) is 0 Å². The zero-order valence-electron chi connectivity index (χ0n) is 12.7. The summed E-state index contributed by atoms with van der Waals surface area (Å²) in [5, 5.41) is 3.69. The van der Waals surface area contributed by atoms with Crippen molar-refractivity contribution in [3.63, 3.8) is 0 Å². The number of halogens is 2. The Morgan fingerprint density at radius 1 is 1.00 bits per heavy atom. The van der Waals surface area contributed by atoms with Crippen molar-refractivity contribution in [2.75, 3.05) is 6.54 Å². The van der Waals surface area contributed by atoms with E-state index < -0.39 is 0 Å². The zero-order chi connectivity index (χ0) is 14.8. The first kappa shape index (κ1) is 18.2. The Morgan fingerprint density at radius 2 is 1.75 bits per heavy atom. The van der Waals surface area contributed by atoms with Gasteiger partial charge >= 0.3 is 0 Å². The van der Waals surface area contributed by atoms with Gasteiger partial charge in [-0.1, -0.05) is 77.8 Å². The third kappa shape index (κ3) is 6.73. The van der Waals surface area contributed by atoms with E-state index in [0.29, 0.717) is 6.04 Å². The van der Waals surface area contributed by atoms with Crippen molar-refractivity contribution in [3.8, 4) is 0 Å². The molecule has 1 aromatic carbocycles. The highest BCUT2D eigenvalue weighted by atomic mass is 79.9. The summed E-state index contributed by atoms with van der Waals surface area (Å²) < 4.78 is 2.37. The standard InChI is InChI=1S/C17H27Br2N/c1-3-5-6-7-8-9-17(20-12-4-2)15-13-14(18)10-11-16(15)19/h10-11,13,17,20H,3-9,12H2,1-2H3. The van der Waals surface area contributed by atoms with Crippen molar-refractivity contribution in [1.29, 1.82) is 0 Å². The molecule has 0 saturated carbocycles. The molecule has 0 heterocycles. The van der Waals surface area contributed by atoms with Crippen LogP contribution in [0, 0.1) is 0 Å². The predicted molar refractivity (Wildman–Crippen MR) is 96.3 cm³/mol. The molecule has 1 rings (SSSR count). The van der Waals surface area contributed by atoms with Gasteiger partial charge in [0.15, 0.2) is 0 Å². The predicted octanol–water partition coefficient (Wildman–Crippen LogP) is 6.61. The first-order chi connectivity index (χ1) is 9.69. The van der Waals surface area contributed by atoms with E-state index in [9.17, 15) is 0 Å². The van der Waals surface area contributed by atoms with Crippen LogP contribution >= 0.6 is 31.9 Å². The number of rotatable bonds is 10. The second-order valence-electron chi connectivity index (χ2n) is 5.38. The molecule has 0 amide bonds. The van der Waals surface area contributed by atoms with E-state index >= 15 is 0 Å². The number of hydrogen-bond donors (Lipinski definition) is 1. The molecule has 0 fully saturated rings. The van der Waals surface area contributed by atoms with Gasteiger partial charge in [0.1, 0.15) is 0 Å². The molecule has 114 valence electrons. The number of unbranched alkanes of at least 4 members (excludes halogenated alkanes) is 4. The van der Waals surface area contributed by atoms with Crippen molar-refractivity contribution in [3.05, 3.63) is 32.7 Å². The Labute approximate surface area is 141 Å². The van der Waals surface area contributed by atoms with E-state index in [0.717, 1.165) is 11.0 Å². The van der Waals surface area contributed by atoms with E-state index in [2.05, 4.69) is 69.2 Å². The lowest BCUT2D eigenvalue weighted by Crippen LogP contribution is -2.22. The second kappa shape index (κ2) is 10.8. The lowest BCUT2D eigenvalue weighted by Gasteiger charge is -2.20. The summed E-state index contributed by atoms with van der Waals surface area (Å²) in [6, 6.07) is 6.93. The van der Waals surface area contributed by atoms with E-state index in [-0.39, 0.29) is 0 Å². The minimum Gasteiger partial charge on any atom is -0.310 e. The van der Waals surface area contributed by atoms with Gasteiger partial charge in [0.2, 0.25) is 0 Å². The smallest absolute Gasteiger partial charge is 0.0331 e. The highest BCUT2D eigenvalue weighted by Gasteiger charge is 2.13. The Balaban J connectivity index is 2.60. The molecule has 0 spiro atoms. The van der Waals surface area contributed by atoms with Gasteiger partial charge in [-0.25, -0.2) is 0 Å². The van der Waals surface area contributed by atoms with Crippen LogP contribution < -0.4 is 5.32 Å². The van der Waals surface area contributed by atoms with Crippen LogP contribution in [0.1, 0.15) is 70.4 Å². The van der Waals surface area contributed by atoms with Crippen molar-refractivity contribution in [2.24, 2.45) is 0 Å². The highest BCUT2D eigenvalue weighted by Crippen LogP contribution is 2.30. The van der Waals surface area contributed by atoms with Crippen molar-refractivity contribution < 1.29 is 0 Å². The van der Waals surface area contributed by atoms with Crippen LogP contribution in [0.5, 0.6) is 0 Å². The fraction of sp³-hybridized carbons (Fsp3) is 0.647. The molecule has 1 aromatic rings. The SMILES string of the molecule is CCCCCCCC(NCCC)c1cc(Br)ccc1Br. The molecule has 1 unspecified atom stereocenters. The molecule has 1 atom stereocenters. The van der Waals surface area contributed by atoms with E-state index in [4.69, 9.17) is 0 Å².